The van der Waals surface area contributed by atoms with Crippen molar-refractivity contribution in [1.82, 2.24) is 19.8 Å². The Labute approximate surface area is 165 Å². The Bertz CT molecular complexity index is 1100. The van der Waals surface area contributed by atoms with Gasteiger partial charge in [-0.15, -0.1) is 0 Å². The molecule has 1 aliphatic rings. The molecule has 2 heterocycles. The van der Waals surface area contributed by atoms with E-state index < -0.39 is 5.82 Å². The van der Waals surface area contributed by atoms with E-state index in [1.54, 1.807) is 23.1 Å². The lowest BCUT2D eigenvalue weighted by molar-refractivity contribution is 0.0709. The Hall–Kier alpha value is -2.93. The summed E-state index contributed by atoms with van der Waals surface area (Å²) < 4.78 is 15.1. The molecule has 1 aromatic heterocycles. The Kier molecular flexibility index (Phi) is 4.77. The van der Waals surface area contributed by atoms with Crippen LogP contribution in [0.4, 0.5) is 4.39 Å². The van der Waals surface area contributed by atoms with Gasteiger partial charge in [-0.05, 0) is 42.8 Å². The average molecular weight is 401 g/mol. The van der Waals surface area contributed by atoms with Gasteiger partial charge < -0.3 is 14.8 Å². The van der Waals surface area contributed by atoms with E-state index in [1.165, 1.54) is 12.1 Å². The van der Waals surface area contributed by atoms with Gasteiger partial charge in [-0.2, -0.15) is 0 Å². The molecule has 0 radical (unpaired) electrons. The number of hydrogen-bond donors (Lipinski definition) is 1. The molecule has 0 atom stereocenters. The third-order valence-corrected chi connectivity index (χ3v) is 5.19. The maximum Gasteiger partial charge on any atom is 0.289 e. The van der Waals surface area contributed by atoms with Crippen LogP contribution >= 0.6 is 11.6 Å². The Morgan fingerprint density at radius 2 is 2.07 bits per heavy atom. The number of fused-ring (bicyclic) bond motifs is 3. The Balaban J connectivity index is 1.55. The normalized spacial score (nSPS) is 13.7. The van der Waals surface area contributed by atoms with Gasteiger partial charge in [0.2, 0.25) is 0 Å². The Morgan fingerprint density at radius 1 is 1.25 bits per heavy atom. The fourth-order valence-electron chi connectivity index (χ4n) is 3.36. The zero-order chi connectivity index (χ0) is 19.8. The number of benzene rings is 2. The van der Waals surface area contributed by atoms with Gasteiger partial charge in [-0.1, -0.05) is 17.7 Å². The minimum atomic E-state index is -0.498. The van der Waals surface area contributed by atoms with Gasteiger partial charge in [-0.3, -0.25) is 9.59 Å². The number of amides is 2. The van der Waals surface area contributed by atoms with Crippen LogP contribution in [0.15, 0.2) is 36.4 Å². The van der Waals surface area contributed by atoms with E-state index in [4.69, 9.17) is 11.6 Å². The summed E-state index contributed by atoms with van der Waals surface area (Å²) >= 11 is 5.76. The van der Waals surface area contributed by atoms with Crippen molar-refractivity contribution in [3.63, 3.8) is 0 Å². The highest BCUT2D eigenvalue weighted by atomic mass is 35.5. The van der Waals surface area contributed by atoms with E-state index in [0.717, 1.165) is 5.52 Å². The molecule has 0 spiro atoms. The molecule has 1 aliphatic heterocycles. The van der Waals surface area contributed by atoms with Gasteiger partial charge >= 0.3 is 0 Å². The van der Waals surface area contributed by atoms with E-state index >= 15 is 0 Å². The van der Waals surface area contributed by atoms with E-state index in [-0.39, 0.29) is 23.4 Å². The molecule has 0 saturated carbocycles. The largest absolute Gasteiger partial charge is 0.348 e. The van der Waals surface area contributed by atoms with E-state index in [2.05, 4.69) is 10.3 Å². The number of hydrogen-bond acceptors (Lipinski definition) is 3. The van der Waals surface area contributed by atoms with Crippen molar-refractivity contribution in [1.29, 1.82) is 0 Å². The average Bonchev–Trinajstić information content (AvgIpc) is 3.07. The number of nitrogens with one attached hydrogen (secondary N) is 1. The van der Waals surface area contributed by atoms with Crippen LogP contribution in [-0.2, 0) is 13.1 Å². The maximum atomic E-state index is 13.2. The SMILES string of the molecule is CCN1CCn2c(nc3cc(C(=O)NCc4ccc(F)c(Cl)c4)ccc32)C1=O. The number of carbonyl (C=O) groups excluding carboxylic acids is 2. The first-order chi connectivity index (χ1) is 13.5. The van der Waals surface area contributed by atoms with Gasteiger partial charge in [-0.25, -0.2) is 9.37 Å². The van der Waals surface area contributed by atoms with Crippen molar-refractivity contribution in [2.24, 2.45) is 0 Å². The monoisotopic (exact) mass is 400 g/mol. The van der Waals surface area contributed by atoms with E-state index in [1.807, 2.05) is 17.6 Å². The summed E-state index contributed by atoms with van der Waals surface area (Å²) in [5.41, 5.74) is 2.58. The highest BCUT2D eigenvalue weighted by Gasteiger charge is 2.27. The summed E-state index contributed by atoms with van der Waals surface area (Å²) in [6, 6.07) is 9.51. The fraction of sp³-hybridized carbons (Fsp3) is 0.250. The molecule has 4 rings (SSSR count). The summed E-state index contributed by atoms with van der Waals surface area (Å²) in [6.45, 7) is 4.13. The third kappa shape index (κ3) is 3.22. The maximum absolute atomic E-state index is 13.2. The van der Waals surface area contributed by atoms with Crippen molar-refractivity contribution in [3.8, 4) is 0 Å². The number of likely N-dealkylation sites (N-methyl/N-ethyl adjacent to an activating group) is 1. The highest BCUT2D eigenvalue weighted by Crippen LogP contribution is 2.22. The molecule has 6 nitrogen and oxygen atoms in total. The molecule has 0 unspecified atom stereocenters. The van der Waals surface area contributed by atoms with E-state index in [0.29, 0.717) is 42.1 Å². The molecule has 2 amide bonds. The summed E-state index contributed by atoms with van der Waals surface area (Å²) in [6.07, 6.45) is 0. The number of carbonyl (C=O) groups is 2. The van der Waals surface area contributed by atoms with Crippen molar-refractivity contribution >= 4 is 34.4 Å². The van der Waals surface area contributed by atoms with Crippen LogP contribution in [0.3, 0.4) is 0 Å². The van der Waals surface area contributed by atoms with E-state index in [9.17, 15) is 14.0 Å². The first kappa shape index (κ1) is 18.4. The first-order valence-corrected chi connectivity index (χ1v) is 9.37. The summed E-state index contributed by atoms with van der Waals surface area (Å²) in [5.74, 6) is -0.470. The van der Waals surface area contributed by atoms with Crippen LogP contribution in [0.2, 0.25) is 5.02 Å². The summed E-state index contributed by atoms with van der Waals surface area (Å²) in [4.78, 5) is 31.2. The molecule has 0 aliphatic carbocycles. The van der Waals surface area contributed by atoms with Crippen LogP contribution in [0, 0.1) is 5.82 Å². The third-order valence-electron chi connectivity index (χ3n) is 4.90. The molecular weight excluding hydrogens is 383 g/mol. The number of rotatable bonds is 4. The fourth-order valence-corrected chi connectivity index (χ4v) is 3.56. The number of aromatic nitrogens is 2. The van der Waals surface area contributed by atoms with Crippen molar-refractivity contribution in [3.05, 3.63) is 64.2 Å². The van der Waals surface area contributed by atoms with Gasteiger partial charge in [0.1, 0.15) is 5.82 Å². The van der Waals surface area contributed by atoms with Crippen LogP contribution in [-0.4, -0.2) is 39.4 Å². The van der Waals surface area contributed by atoms with Crippen molar-refractivity contribution in [2.75, 3.05) is 13.1 Å². The van der Waals surface area contributed by atoms with Crippen LogP contribution in [0.5, 0.6) is 0 Å². The molecule has 0 bridgehead atoms. The second-order valence-electron chi connectivity index (χ2n) is 6.61. The predicted octanol–water partition coefficient (Wildman–Crippen LogP) is 3.23. The second kappa shape index (κ2) is 7.24. The molecule has 0 saturated heterocycles. The summed E-state index contributed by atoms with van der Waals surface area (Å²) in [5, 5.41) is 2.80. The zero-order valence-electron chi connectivity index (χ0n) is 15.2. The van der Waals surface area contributed by atoms with Gasteiger partial charge in [0, 0.05) is 31.7 Å². The minimum Gasteiger partial charge on any atom is -0.348 e. The number of nitrogens with zero attached hydrogens (tertiary/aromatic N) is 3. The molecule has 28 heavy (non-hydrogen) atoms. The summed E-state index contributed by atoms with van der Waals surface area (Å²) in [7, 11) is 0. The quantitative estimate of drug-likeness (QED) is 0.731. The molecule has 0 fully saturated rings. The molecule has 2 aromatic carbocycles. The van der Waals surface area contributed by atoms with Crippen LogP contribution in [0.1, 0.15) is 33.5 Å². The lowest BCUT2D eigenvalue weighted by Crippen LogP contribution is -2.40. The lowest BCUT2D eigenvalue weighted by atomic mass is 10.1. The zero-order valence-corrected chi connectivity index (χ0v) is 16.0. The Morgan fingerprint density at radius 3 is 2.82 bits per heavy atom. The predicted molar refractivity (Wildman–Crippen MR) is 104 cm³/mol. The standard InChI is InChI=1S/C20H18ClFN4O2/c1-2-25-7-8-26-17-6-4-13(10-16(17)24-18(26)20(25)28)19(27)23-11-12-3-5-15(22)14(21)9-12/h3-6,9-10H,2,7-8,11H2,1H3,(H,23,27). The number of imidazole rings is 1. The highest BCUT2D eigenvalue weighted by molar-refractivity contribution is 6.30. The van der Waals surface area contributed by atoms with Crippen molar-refractivity contribution in [2.45, 2.75) is 20.0 Å². The number of halogens is 2. The molecule has 1 N–H and O–H groups in total. The van der Waals surface area contributed by atoms with Gasteiger partial charge in [0.05, 0.1) is 16.1 Å². The molecule has 3 aromatic rings. The van der Waals surface area contributed by atoms with Crippen molar-refractivity contribution < 1.29 is 14.0 Å². The molecule has 8 heteroatoms. The van der Waals surface area contributed by atoms with Gasteiger partial charge in [0.15, 0.2) is 5.82 Å². The topological polar surface area (TPSA) is 67.2 Å². The molecular formula is C20H18ClFN4O2. The first-order valence-electron chi connectivity index (χ1n) is 8.99. The smallest absolute Gasteiger partial charge is 0.289 e. The van der Waals surface area contributed by atoms with Gasteiger partial charge in [0.25, 0.3) is 11.8 Å². The second-order valence-corrected chi connectivity index (χ2v) is 7.01. The minimum absolute atomic E-state index is 0.0162. The van der Waals surface area contributed by atoms with Crippen LogP contribution in [0.25, 0.3) is 11.0 Å². The molecule has 144 valence electrons. The lowest BCUT2D eigenvalue weighted by Gasteiger charge is -2.26. The van der Waals surface area contributed by atoms with Crippen LogP contribution < -0.4 is 5.32 Å².